The summed E-state index contributed by atoms with van der Waals surface area (Å²) in [5, 5.41) is 0. The van der Waals surface area contributed by atoms with Gasteiger partial charge >= 0.3 is 0 Å². The van der Waals surface area contributed by atoms with Crippen molar-refractivity contribution < 1.29 is 6.22 Å². The van der Waals surface area contributed by atoms with Crippen LogP contribution in [-0.2, 0) is 4.79 Å². The average Bonchev–Trinajstić information content (AvgIpc) is 2.58. The molecule has 1 rings (SSSR count). The minimum Gasteiger partial charge on any atom is -0.313 e. The summed E-state index contributed by atoms with van der Waals surface area (Å²) in [5.41, 5.74) is 6.70. The first-order chi connectivity index (χ1) is 10.6. The normalized spacial score (nSPS) is 16.4. The summed E-state index contributed by atoms with van der Waals surface area (Å²) >= 11 is 0. The van der Waals surface area contributed by atoms with Gasteiger partial charge in [-0.15, -0.1) is 0 Å². The van der Waals surface area contributed by atoms with Crippen LogP contribution >= 0.6 is 0 Å². The van der Waals surface area contributed by atoms with Crippen molar-refractivity contribution in [3.8, 4) is 0 Å². The van der Waals surface area contributed by atoms with E-state index in [1.807, 2.05) is 6.79 Å². The number of rotatable bonds is 10. The van der Waals surface area contributed by atoms with Gasteiger partial charge in [-0.05, 0) is 38.8 Å². The van der Waals surface area contributed by atoms with Gasteiger partial charge in [0.2, 0.25) is 0 Å². The predicted molar refractivity (Wildman–Crippen MR) is 99.0 cm³/mol. The van der Waals surface area contributed by atoms with Crippen LogP contribution in [0.5, 0.6) is 0 Å². The Labute approximate surface area is 140 Å². The minimum absolute atomic E-state index is 0. The Morgan fingerprint density at radius 2 is 1.59 bits per heavy atom. The van der Waals surface area contributed by atoms with E-state index in [9.17, 15) is 0 Å². The van der Waals surface area contributed by atoms with E-state index in [0.29, 0.717) is 0 Å². The van der Waals surface area contributed by atoms with Gasteiger partial charge in [-0.3, -0.25) is 4.90 Å². The van der Waals surface area contributed by atoms with Crippen LogP contribution < -0.4 is 5.73 Å². The van der Waals surface area contributed by atoms with Crippen LogP contribution in [0.25, 0.3) is 0 Å². The fraction of sp³-hybridized carbons (Fsp3) is 0.947. The maximum atomic E-state index is 8.00. The monoisotopic (exact) mass is 314 g/mol. The van der Waals surface area contributed by atoms with Gasteiger partial charge < -0.3 is 10.5 Å². The van der Waals surface area contributed by atoms with Crippen molar-refractivity contribution in [3.05, 3.63) is 0 Å². The Balaban J connectivity index is 0. The lowest BCUT2D eigenvalue weighted by atomic mass is 9.86. The van der Waals surface area contributed by atoms with Crippen LogP contribution in [0.1, 0.15) is 92.3 Å². The highest BCUT2D eigenvalue weighted by Gasteiger charge is 2.29. The molecular formula is C19H42N2O. The summed E-state index contributed by atoms with van der Waals surface area (Å²) in [7, 11) is 2.26. The molecule has 0 bridgehead atoms. The molecule has 0 unspecified atom stereocenters. The Morgan fingerprint density at radius 1 is 1.09 bits per heavy atom. The molecule has 0 radical (unpaired) electrons. The molecule has 0 amide bonds. The van der Waals surface area contributed by atoms with E-state index in [1.165, 1.54) is 70.8 Å². The SMILES string of the molecule is C=O.CCCCC(N)(CCCC)N(C)CCC1CCCCC1.[HH]. The van der Waals surface area contributed by atoms with Crippen LogP contribution in [0, 0.1) is 5.92 Å². The van der Waals surface area contributed by atoms with Gasteiger partial charge in [0, 0.05) is 1.43 Å². The molecule has 0 aromatic heterocycles. The molecule has 22 heavy (non-hydrogen) atoms. The van der Waals surface area contributed by atoms with Crippen LogP contribution in [0.15, 0.2) is 0 Å². The van der Waals surface area contributed by atoms with Gasteiger partial charge in [-0.25, -0.2) is 0 Å². The second kappa shape index (κ2) is 13.1. The van der Waals surface area contributed by atoms with Crippen molar-refractivity contribution in [1.82, 2.24) is 4.90 Å². The molecule has 1 aliphatic carbocycles. The van der Waals surface area contributed by atoms with Gasteiger partial charge in [0.1, 0.15) is 6.79 Å². The second-order valence-electron chi connectivity index (χ2n) is 7.02. The molecule has 0 aromatic carbocycles. The molecule has 1 saturated carbocycles. The lowest BCUT2D eigenvalue weighted by Crippen LogP contribution is -2.54. The predicted octanol–water partition coefficient (Wildman–Crippen LogP) is 4.99. The standard InChI is InChI=1S/C18H38N2.CH2O.H2/c1-4-6-14-18(19,15-7-5-2)20(3)16-13-17-11-9-8-10-12-17;1-2;/h17H,4-16,19H2,1-3H3;1H2;1H. The molecule has 1 aliphatic rings. The Morgan fingerprint density at radius 3 is 2.05 bits per heavy atom. The molecule has 134 valence electrons. The second-order valence-corrected chi connectivity index (χ2v) is 7.02. The number of nitrogens with two attached hydrogens (primary N) is 1. The van der Waals surface area contributed by atoms with E-state index in [1.54, 1.807) is 0 Å². The number of nitrogens with zero attached hydrogens (tertiary/aromatic N) is 1. The topological polar surface area (TPSA) is 46.3 Å². The summed E-state index contributed by atoms with van der Waals surface area (Å²) in [5.74, 6) is 0.966. The molecule has 3 nitrogen and oxygen atoms in total. The lowest BCUT2D eigenvalue weighted by molar-refractivity contribution is -0.0979. The van der Waals surface area contributed by atoms with E-state index >= 15 is 0 Å². The largest absolute Gasteiger partial charge is 0.313 e. The van der Waals surface area contributed by atoms with Crippen molar-refractivity contribution in [1.29, 1.82) is 0 Å². The summed E-state index contributed by atoms with van der Waals surface area (Å²) in [6, 6.07) is 0. The maximum Gasteiger partial charge on any atom is 0.106 e. The van der Waals surface area contributed by atoms with Gasteiger partial charge in [0.15, 0.2) is 0 Å². The molecule has 3 heteroatoms. The molecule has 2 N–H and O–H groups in total. The maximum absolute atomic E-state index is 8.00. The summed E-state index contributed by atoms with van der Waals surface area (Å²) in [6.45, 7) is 7.72. The third kappa shape index (κ3) is 8.28. The number of unbranched alkanes of at least 4 members (excludes halogenated alkanes) is 2. The van der Waals surface area contributed by atoms with Crippen LogP contribution in [0.2, 0.25) is 0 Å². The molecule has 0 atom stereocenters. The first-order valence-electron chi connectivity index (χ1n) is 9.41. The number of carbonyl (C=O) groups is 1. The smallest absolute Gasteiger partial charge is 0.106 e. The number of carbonyl (C=O) groups excluding carboxylic acids is 1. The van der Waals surface area contributed by atoms with Crippen molar-refractivity contribution >= 4 is 6.79 Å². The Bertz CT molecular complexity index is 250. The van der Waals surface area contributed by atoms with E-state index in [-0.39, 0.29) is 7.09 Å². The zero-order valence-electron chi connectivity index (χ0n) is 15.4. The minimum atomic E-state index is -0.0549. The summed E-state index contributed by atoms with van der Waals surface area (Å²) < 4.78 is 0. The van der Waals surface area contributed by atoms with Gasteiger partial charge in [0.05, 0.1) is 5.66 Å². The summed E-state index contributed by atoms with van der Waals surface area (Å²) in [6.07, 6.45) is 16.0. The quantitative estimate of drug-likeness (QED) is 0.578. The lowest BCUT2D eigenvalue weighted by Gasteiger charge is -2.40. The molecule has 0 aromatic rings. The first kappa shape index (κ1) is 21.6. The van der Waals surface area contributed by atoms with Crippen molar-refractivity contribution in [2.24, 2.45) is 11.7 Å². The van der Waals surface area contributed by atoms with Gasteiger partial charge in [0.25, 0.3) is 0 Å². The fourth-order valence-electron chi connectivity index (χ4n) is 3.55. The molecule has 0 aliphatic heterocycles. The van der Waals surface area contributed by atoms with Gasteiger partial charge in [-0.2, -0.15) is 0 Å². The Hall–Kier alpha value is -0.410. The molecule has 0 saturated heterocycles. The molecule has 1 fully saturated rings. The van der Waals surface area contributed by atoms with Crippen LogP contribution in [0.3, 0.4) is 0 Å². The molecule has 0 heterocycles. The highest BCUT2D eigenvalue weighted by molar-refractivity contribution is 5.11. The van der Waals surface area contributed by atoms with Crippen molar-refractivity contribution in [3.63, 3.8) is 0 Å². The van der Waals surface area contributed by atoms with E-state index in [4.69, 9.17) is 10.5 Å². The fourth-order valence-corrected chi connectivity index (χ4v) is 3.55. The zero-order chi connectivity index (χ0) is 16.8. The van der Waals surface area contributed by atoms with Gasteiger partial charge in [-0.1, -0.05) is 71.6 Å². The van der Waals surface area contributed by atoms with E-state index < -0.39 is 0 Å². The summed E-state index contributed by atoms with van der Waals surface area (Å²) in [4.78, 5) is 10.5. The van der Waals surface area contributed by atoms with E-state index in [2.05, 4.69) is 25.8 Å². The van der Waals surface area contributed by atoms with Crippen molar-refractivity contribution in [2.45, 2.75) is 96.6 Å². The molecule has 0 spiro atoms. The van der Waals surface area contributed by atoms with E-state index in [0.717, 1.165) is 18.8 Å². The molecular weight excluding hydrogens is 272 g/mol. The average molecular weight is 315 g/mol. The Kier molecular flexibility index (Phi) is 12.8. The first-order valence-corrected chi connectivity index (χ1v) is 9.41. The highest BCUT2D eigenvalue weighted by atomic mass is 16.1. The number of hydrogen-bond donors (Lipinski definition) is 1. The third-order valence-electron chi connectivity index (χ3n) is 5.28. The zero-order valence-corrected chi connectivity index (χ0v) is 15.4. The van der Waals surface area contributed by atoms with Crippen LogP contribution in [-0.4, -0.2) is 30.9 Å². The third-order valence-corrected chi connectivity index (χ3v) is 5.28. The highest BCUT2D eigenvalue weighted by Crippen LogP contribution is 2.28. The van der Waals surface area contributed by atoms with Crippen molar-refractivity contribution in [2.75, 3.05) is 13.6 Å². The number of hydrogen-bond acceptors (Lipinski definition) is 3. The van der Waals surface area contributed by atoms with Crippen LogP contribution in [0.4, 0.5) is 0 Å².